The summed E-state index contributed by atoms with van der Waals surface area (Å²) in [5.74, 6) is -0.629. The van der Waals surface area contributed by atoms with Crippen molar-refractivity contribution in [1.82, 2.24) is 15.5 Å². The van der Waals surface area contributed by atoms with Gasteiger partial charge in [-0.15, -0.1) is 0 Å². The zero-order chi connectivity index (χ0) is 11.0. The smallest absolute Gasteiger partial charge is 0.234 e. The molecule has 1 fully saturated rings. The summed E-state index contributed by atoms with van der Waals surface area (Å²) < 4.78 is 0. The highest BCUT2D eigenvalue weighted by molar-refractivity contribution is 6.01. The predicted octanol–water partition coefficient (Wildman–Crippen LogP) is 0.547. The average molecular weight is 207 g/mol. The van der Waals surface area contributed by atoms with Gasteiger partial charge < -0.3 is 0 Å². The molecule has 80 valence electrons. The molecule has 2 heterocycles. The van der Waals surface area contributed by atoms with Gasteiger partial charge >= 0.3 is 0 Å². The minimum atomic E-state index is -0.235. The third kappa shape index (κ3) is 1.65. The minimum absolute atomic E-state index is 0.185. The monoisotopic (exact) mass is 207 g/mol. The lowest BCUT2D eigenvalue weighted by molar-refractivity contribution is -0.134. The maximum Gasteiger partial charge on any atom is 0.234 e. The normalized spacial score (nSPS) is 21.6. The quantitative estimate of drug-likeness (QED) is 0.660. The van der Waals surface area contributed by atoms with Crippen molar-refractivity contribution in [3.8, 4) is 0 Å². The average Bonchev–Trinajstić information content (AvgIpc) is 2.48. The highest BCUT2D eigenvalue weighted by atomic mass is 16.2. The lowest BCUT2D eigenvalue weighted by Gasteiger charge is -2.21. The number of aromatic nitrogens is 2. The third-order valence-electron chi connectivity index (χ3n) is 2.77. The SMILES string of the molecule is Cc1n[nH]c(C)c1C1CCC(=O)NC1=O. The summed E-state index contributed by atoms with van der Waals surface area (Å²) in [6.45, 7) is 3.75. The molecule has 1 aromatic heterocycles. The summed E-state index contributed by atoms with van der Waals surface area (Å²) >= 11 is 0. The molecule has 1 unspecified atom stereocenters. The van der Waals surface area contributed by atoms with Crippen LogP contribution in [0, 0.1) is 13.8 Å². The molecule has 5 nitrogen and oxygen atoms in total. The number of piperidine rings is 1. The van der Waals surface area contributed by atoms with Gasteiger partial charge in [0.1, 0.15) is 0 Å². The Kier molecular flexibility index (Phi) is 2.30. The van der Waals surface area contributed by atoms with E-state index in [0.29, 0.717) is 12.8 Å². The Morgan fingerprint density at radius 1 is 1.33 bits per heavy atom. The molecule has 1 saturated heterocycles. The van der Waals surface area contributed by atoms with Crippen molar-refractivity contribution in [2.75, 3.05) is 0 Å². The largest absolute Gasteiger partial charge is 0.296 e. The molecule has 2 rings (SSSR count). The van der Waals surface area contributed by atoms with E-state index >= 15 is 0 Å². The Morgan fingerprint density at radius 3 is 2.60 bits per heavy atom. The molecule has 15 heavy (non-hydrogen) atoms. The molecule has 0 aliphatic carbocycles. The molecule has 0 bridgehead atoms. The molecule has 1 aromatic rings. The molecule has 0 spiro atoms. The third-order valence-corrected chi connectivity index (χ3v) is 2.77. The Labute approximate surface area is 87.3 Å². The van der Waals surface area contributed by atoms with Crippen molar-refractivity contribution in [3.63, 3.8) is 0 Å². The number of hydrogen-bond donors (Lipinski definition) is 2. The van der Waals surface area contributed by atoms with Crippen molar-refractivity contribution in [1.29, 1.82) is 0 Å². The van der Waals surface area contributed by atoms with E-state index in [1.54, 1.807) is 0 Å². The number of imide groups is 1. The van der Waals surface area contributed by atoms with Crippen LogP contribution in [0.15, 0.2) is 0 Å². The molecule has 1 atom stereocenters. The molecule has 0 aromatic carbocycles. The maximum atomic E-state index is 11.6. The van der Waals surface area contributed by atoms with E-state index in [2.05, 4.69) is 15.5 Å². The van der Waals surface area contributed by atoms with Crippen LogP contribution in [0.3, 0.4) is 0 Å². The minimum Gasteiger partial charge on any atom is -0.296 e. The Bertz CT molecular complexity index is 403. The van der Waals surface area contributed by atoms with Gasteiger partial charge in [-0.1, -0.05) is 0 Å². The number of amides is 2. The van der Waals surface area contributed by atoms with Crippen molar-refractivity contribution in [2.24, 2.45) is 0 Å². The first kappa shape index (κ1) is 9.89. The van der Waals surface area contributed by atoms with Gasteiger partial charge in [-0.3, -0.25) is 20.0 Å². The molecular formula is C10H13N3O2. The number of H-pyrrole nitrogens is 1. The van der Waals surface area contributed by atoms with Gasteiger partial charge in [-0.25, -0.2) is 0 Å². The number of rotatable bonds is 1. The molecule has 1 aliphatic rings. The number of aryl methyl sites for hydroxylation is 2. The molecular weight excluding hydrogens is 194 g/mol. The van der Waals surface area contributed by atoms with Crippen molar-refractivity contribution in [2.45, 2.75) is 32.6 Å². The number of carbonyl (C=O) groups excluding carboxylic acids is 2. The molecule has 2 amide bonds. The fourth-order valence-electron chi connectivity index (χ4n) is 2.04. The number of carbonyl (C=O) groups is 2. The van der Waals surface area contributed by atoms with Crippen LogP contribution in [0.25, 0.3) is 0 Å². The van der Waals surface area contributed by atoms with Gasteiger partial charge in [0.2, 0.25) is 11.8 Å². The van der Waals surface area contributed by atoms with Gasteiger partial charge in [0.25, 0.3) is 0 Å². The fourth-order valence-corrected chi connectivity index (χ4v) is 2.04. The van der Waals surface area contributed by atoms with E-state index in [-0.39, 0.29) is 17.7 Å². The van der Waals surface area contributed by atoms with E-state index < -0.39 is 0 Å². The van der Waals surface area contributed by atoms with Crippen LogP contribution in [-0.4, -0.2) is 22.0 Å². The first-order valence-corrected chi connectivity index (χ1v) is 4.94. The van der Waals surface area contributed by atoms with Crippen LogP contribution >= 0.6 is 0 Å². The Balaban J connectivity index is 2.32. The zero-order valence-corrected chi connectivity index (χ0v) is 8.76. The first-order valence-electron chi connectivity index (χ1n) is 4.94. The van der Waals surface area contributed by atoms with Crippen molar-refractivity contribution in [3.05, 3.63) is 17.0 Å². The first-order chi connectivity index (χ1) is 7.09. The van der Waals surface area contributed by atoms with E-state index in [4.69, 9.17) is 0 Å². The van der Waals surface area contributed by atoms with Crippen molar-refractivity contribution < 1.29 is 9.59 Å². The summed E-state index contributed by atoms with van der Waals surface area (Å²) in [7, 11) is 0. The lowest BCUT2D eigenvalue weighted by Crippen LogP contribution is -2.39. The Hall–Kier alpha value is -1.65. The predicted molar refractivity (Wildman–Crippen MR) is 53.2 cm³/mol. The van der Waals surface area contributed by atoms with Gasteiger partial charge in [-0.05, 0) is 20.3 Å². The van der Waals surface area contributed by atoms with Crippen LogP contribution in [0.1, 0.15) is 35.7 Å². The van der Waals surface area contributed by atoms with E-state index in [1.807, 2.05) is 13.8 Å². The molecule has 0 radical (unpaired) electrons. The van der Waals surface area contributed by atoms with Gasteiger partial charge in [0.15, 0.2) is 0 Å². The highest BCUT2D eigenvalue weighted by Gasteiger charge is 2.31. The second kappa shape index (κ2) is 3.49. The van der Waals surface area contributed by atoms with Crippen LogP contribution in [0.5, 0.6) is 0 Å². The van der Waals surface area contributed by atoms with Gasteiger partial charge in [-0.2, -0.15) is 5.10 Å². The van der Waals surface area contributed by atoms with E-state index in [1.165, 1.54) is 0 Å². The number of aromatic amines is 1. The Morgan fingerprint density at radius 2 is 2.07 bits per heavy atom. The molecule has 2 N–H and O–H groups in total. The standard InChI is InChI=1S/C10H13N3O2/c1-5-9(6(2)13-12-5)7-3-4-8(14)11-10(7)15/h7H,3-4H2,1-2H3,(H,12,13)(H,11,14,15). The van der Waals surface area contributed by atoms with Crippen LogP contribution in [-0.2, 0) is 9.59 Å². The fraction of sp³-hybridized carbons (Fsp3) is 0.500. The zero-order valence-electron chi connectivity index (χ0n) is 8.76. The number of nitrogens with zero attached hydrogens (tertiary/aromatic N) is 1. The lowest BCUT2D eigenvalue weighted by atomic mass is 9.89. The number of hydrogen-bond acceptors (Lipinski definition) is 3. The highest BCUT2D eigenvalue weighted by Crippen LogP contribution is 2.28. The summed E-state index contributed by atoms with van der Waals surface area (Å²) in [6, 6.07) is 0. The molecule has 5 heteroatoms. The van der Waals surface area contributed by atoms with E-state index in [0.717, 1.165) is 17.0 Å². The summed E-state index contributed by atoms with van der Waals surface area (Å²) in [4.78, 5) is 22.6. The molecule has 0 saturated carbocycles. The van der Waals surface area contributed by atoms with Crippen LogP contribution in [0.4, 0.5) is 0 Å². The van der Waals surface area contributed by atoms with Gasteiger partial charge in [0.05, 0.1) is 11.6 Å². The van der Waals surface area contributed by atoms with Crippen LogP contribution in [0.2, 0.25) is 0 Å². The maximum absolute atomic E-state index is 11.6. The summed E-state index contributed by atoms with van der Waals surface area (Å²) in [6.07, 6.45) is 0.979. The summed E-state index contributed by atoms with van der Waals surface area (Å²) in [5.41, 5.74) is 2.67. The topological polar surface area (TPSA) is 74.8 Å². The van der Waals surface area contributed by atoms with Gasteiger partial charge in [0, 0.05) is 17.7 Å². The summed E-state index contributed by atoms with van der Waals surface area (Å²) in [5, 5.41) is 9.26. The van der Waals surface area contributed by atoms with E-state index in [9.17, 15) is 9.59 Å². The second-order valence-corrected chi connectivity index (χ2v) is 3.85. The van der Waals surface area contributed by atoms with Crippen LogP contribution < -0.4 is 5.32 Å². The molecule has 1 aliphatic heterocycles. The van der Waals surface area contributed by atoms with Crippen molar-refractivity contribution >= 4 is 11.8 Å². The second-order valence-electron chi connectivity index (χ2n) is 3.85. The number of nitrogens with one attached hydrogen (secondary N) is 2.